The number of nitrogens with zero attached hydrogens (tertiary/aromatic N) is 1. The van der Waals surface area contributed by atoms with E-state index in [4.69, 9.17) is 0 Å². The van der Waals surface area contributed by atoms with Crippen LogP contribution < -0.4 is 0 Å². The van der Waals surface area contributed by atoms with E-state index in [1.807, 2.05) is 30.3 Å². The van der Waals surface area contributed by atoms with Gasteiger partial charge in [-0.15, -0.1) is 0 Å². The number of sulfone groups is 1. The molecule has 7 heteroatoms. The third-order valence-corrected chi connectivity index (χ3v) is 6.97. The third kappa shape index (κ3) is 4.29. The highest BCUT2D eigenvalue weighted by Crippen LogP contribution is 2.12. The predicted molar refractivity (Wildman–Crippen MR) is 78.8 cm³/mol. The van der Waals surface area contributed by atoms with Crippen molar-refractivity contribution >= 4 is 19.9 Å². The molecule has 2 rings (SSSR count). The van der Waals surface area contributed by atoms with E-state index in [1.54, 1.807) is 0 Å². The molecule has 0 amide bonds. The van der Waals surface area contributed by atoms with Gasteiger partial charge in [-0.05, 0) is 18.4 Å². The second kappa shape index (κ2) is 6.24. The Morgan fingerprint density at radius 1 is 1.05 bits per heavy atom. The fraction of sp³-hybridized carbons (Fsp3) is 0.538. The van der Waals surface area contributed by atoms with Gasteiger partial charge in [0.1, 0.15) is 0 Å². The molecule has 0 bridgehead atoms. The van der Waals surface area contributed by atoms with E-state index < -0.39 is 19.9 Å². The normalized spacial score (nSPS) is 19.8. The molecule has 1 fully saturated rings. The zero-order chi connectivity index (χ0) is 14.6. The molecule has 112 valence electrons. The van der Waals surface area contributed by atoms with Crippen LogP contribution in [-0.2, 0) is 26.3 Å². The number of sulfonamides is 1. The van der Waals surface area contributed by atoms with Crippen molar-refractivity contribution in [3.63, 3.8) is 0 Å². The molecule has 5 nitrogen and oxygen atoms in total. The molecule has 1 aromatic rings. The summed E-state index contributed by atoms with van der Waals surface area (Å²) >= 11 is 0. The largest absolute Gasteiger partial charge is 0.229 e. The molecule has 0 spiro atoms. The molecule has 1 aliphatic heterocycles. The van der Waals surface area contributed by atoms with Gasteiger partial charge in [0.05, 0.1) is 17.3 Å². The molecule has 0 aliphatic carbocycles. The van der Waals surface area contributed by atoms with Gasteiger partial charge in [-0.2, -0.15) is 4.31 Å². The summed E-state index contributed by atoms with van der Waals surface area (Å²) in [5, 5.41) is 0. The zero-order valence-electron chi connectivity index (χ0n) is 11.2. The minimum absolute atomic E-state index is 0.0646. The Labute approximate surface area is 120 Å². The molecule has 1 aliphatic rings. The number of hydrogen-bond acceptors (Lipinski definition) is 4. The Morgan fingerprint density at radius 2 is 1.65 bits per heavy atom. The van der Waals surface area contributed by atoms with E-state index in [9.17, 15) is 16.8 Å². The van der Waals surface area contributed by atoms with E-state index in [0.717, 1.165) is 5.56 Å². The quantitative estimate of drug-likeness (QED) is 0.800. The van der Waals surface area contributed by atoms with E-state index in [-0.39, 0.29) is 30.3 Å². The van der Waals surface area contributed by atoms with E-state index >= 15 is 0 Å². The standard InChI is InChI=1S/C13H19NO4S2/c15-19(16)11-8-14(9-12-19)20(17,18)10-4-7-13-5-2-1-3-6-13/h1-3,5-6H,4,7-12H2. The molecule has 0 saturated carbocycles. The van der Waals surface area contributed by atoms with Crippen LogP contribution in [0.2, 0.25) is 0 Å². The third-order valence-electron chi connectivity index (χ3n) is 3.41. The topological polar surface area (TPSA) is 71.5 Å². The number of rotatable bonds is 5. The average Bonchev–Trinajstić information content (AvgIpc) is 2.39. The Bertz CT molecular complexity index is 624. The molecular weight excluding hydrogens is 298 g/mol. The van der Waals surface area contributed by atoms with Crippen molar-refractivity contribution in [2.75, 3.05) is 30.3 Å². The van der Waals surface area contributed by atoms with Crippen LogP contribution in [0.4, 0.5) is 0 Å². The van der Waals surface area contributed by atoms with Crippen LogP contribution in [0.15, 0.2) is 30.3 Å². The second-order valence-corrected chi connectivity index (χ2v) is 9.35. The highest BCUT2D eigenvalue weighted by atomic mass is 32.2. The monoisotopic (exact) mass is 317 g/mol. The van der Waals surface area contributed by atoms with Crippen LogP contribution in [-0.4, -0.2) is 51.5 Å². The Kier molecular flexibility index (Phi) is 4.82. The highest BCUT2D eigenvalue weighted by Gasteiger charge is 2.29. The molecule has 1 saturated heterocycles. The van der Waals surface area contributed by atoms with E-state index in [2.05, 4.69) is 0 Å². The van der Waals surface area contributed by atoms with Crippen molar-refractivity contribution in [3.8, 4) is 0 Å². The first-order chi connectivity index (χ1) is 9.39. The van der Waals surface area contributed by atoms with Crippen molar-refractivity contribution in [2.24, 2.45) is 0 Å². The van der Waals surface area contributed by atoms with Gasteiger partial charge in [0.25, 0.3) is 0 Å². The summed E-state index contributed by atoms with van der Waals surface area (Å²) in [5.74, 6) is -0.0578. The number of hydrogen-bond donors (Lipinski definition) is 0. The summed E-state index contributed by atoms with van der Waals surface area (Å²) in [7, 11) is -6.38. The maximum Gasteiger partial charge on any atom is 0.214 e. The van der Waals surface area contributed by atoms with Gasteiger partial charge >= 0.3 is 0 Å². The number of aryl methyl sites for hydroxylation is 1. The second-order valence-electron chi connectivity index (χ2n) is 4.96. The van der Waals surface area contributed by atoms with Crippen LogP contribution in [0.25, 0.3) is 0 Å². The summed E-state index contributed by atoms with van der Waals surface area (Å²) in [5.41, 5.74) is 1.11. The molecular formula is C13H19NO4S2. The molecule has 1 heterocycles. The van der Waals surface area contributed by atoms with Crippen LogP contribution in [0.1, 0.15) is 12.0 Å². The predicted octanol–water partition coefficient (Wildman–Crippen LogP) is 0.679. The van der Waals surface area contributed by atoms with Gasteiger partial charge in [0.15, 0.2) is 9.84 Å². The maximum absolute atomic E-state index is 12.1. The Morgan fingerprint density at radius 3 is 2.25 bits per heavy atom. The van der Waals surface area contributed by atoms with Gasteiger partial charge in [-0.1, -0.05) is 30.3 Å². The van der Waals surface area contributed by atoms with Gasteiger partial charge in [-0.25, -0.2) is 16.8 Å². The smallest absolute Gasteiger partial charge is 0.214 e. The van der Waals surface area contributed by atoms with Crippen LogP contribution >= 0.6 is 0 Å². The first-order valence-corrected chi connectivity index (χ1v) is 10.0. The van der Waals surface area contributed by atoms with Crippen molar-refractivity contribution in [1.29, 1.82) is 0 Å². The average molecular weight is 317 g/mol. The fourth-order valence-corrected chi connectivity index (χ4v) is 5.14. The lowest BCUT2D eigenvalue weighted by Crippen LogP contribution is -2.44. The summed E-state index contributed by atoms with van der Waals surface area (Å²) < 4.78 is 48.1. The minimum atomic E-state index is -3.33. The summed E-state index contributed by atoms with van der Waals surface area (Å²) in [6.45, 7) is 0.187. The van der Waals surface area contributed by atoms with Crippen molar-refractivity contribution in [2.45, 2.75) is 12.8 Å². The lowest BCUT2D eigenvalue weighted by Gasteiger charge is -2.25. The van der Waals surface area contributed by atoms with Crippen LogP contribution in [0, 0.1) is 0 Å². The maximum atomic E-state index is 12.1. The van der Waals surface area contributed by atoms with Gasteiger partial charge in [-0.3, -0.25) is 0 Å². The van der Waals surface area contributed by atoms with E-state index in [1.165, 1.54) is 4.31 Å². The van der Waals surface area contributed by atoms with E-state index in [0.29, 0.717) is 12.8 Å². The fourth-order valence-electron chi connectivity index (χ4n) is 2.21. The molecule has 1 aromatic carbocycles. The van der Waals surface area contributed by atoms with Crippen molar-refractivity contribution in [3.05, 3.63) is 35.9 Å². The zero-order valence-corrected chi connectivity index (χ0v) is 12.9. The SMILES string of the molecule is O=S1(=O)CCN(S(=O)(=O)CCCc2ccccc2)CC1. The molecule has 0 aromatic heterocycles. The Hall–Kier alpha value is -0.920. The highest BCUT2D eigenvalue weighted by molar-refractivity contribution is 7.92. The summed E-state index contributed by atoms with van der Waals surface area (Å²) in [4.78, 5) is 0. The molecule has 0 radical (unpaired) electrons. The summed E-state index contributed by atoms with van der Waals surface area (Å²) in [6.07, 6.45) is 1.27. The minimum Gasteiger partial charge on any atom is -0.229 e. The molecule has 20 heavy (non-hydrogen) atoms. The lowest BCUT2D eigenvalue weighted by atomic mass is 10.1. The van der Waals surface area contributed by atoms with Crippen molar-refractivity contribution in [1.82, 2.24) is 4.31 Å². The van der Waals surface area contributed by atoms with Crippen LogP contribution in [0.5, 0.6) is 0 Å². The van der Waals surface area contributed by atoms with Crippen molar-refractivity contribution < 1.29 is 16.8 Å². The summed E-state index contributed by atoms with van der Waals surface area (Å²) in [6, 6.07) is 9.73. The lowest BCUT2D eigenvalue weighted by molar-refractivity contribution is 0.430. The first kappa shape index (κ1) is 15.5. The molecule has 0 N–H and O–H groups in total. The van der Waals surface area contributed by atoms with Crippen LogP contribution in [0.3, 0.4) is 0 Å². The number of benzene rings is 1. The van der Waals surface area contributed by atoms with Gasteiger partial charge < -0.3 is 0 Å². The molecule has 0 unspecified atom stereocenters. The Balaban J connectivity index is 1.86. The van der Waals surface area contributed by atoms with Gasteiger partial charge in [0.2, 0.25) is 10.0 Å². The van der Waals surface area contributed by atoms with Gasteiger partial charge in [0, 0.05) is 13.1 Å². The first-order valence-electron chi connectivity index (χ1n) is 6.61. The molecule has 0 atom stereocenters.